The minimum Gasteiger partial charge on any atom is -0.398 e. The van der Waals surface area contributed by atoms with Crippen LogP contribution < -0.4 is 5.73 Å². The zero-order chi connectivity index (χ0) is 22.1. The SMILES string of the molecule is CC(C)(C)c1cc(-c2cc3c(cc2N)C(C)(C)c2ccccc2-3)cc(C(C)(C)C)c1. The van der Waals surface area contributed by atoms with Crippen LogP contribution in [0.3, 0.4) is 0 Å². The number of hydrogen-bond donors (Lipinski definition) is 1. The van der Waals surface area contributed by atoms with E-state index in [4.69, 9.17) is 5.73 Å². The maximum atomic E-state index is 6.70. The summed E-state index contributed by atoms with van der Waals surface area (Å²) in [6.07, 6.45) is 0. The van der Waals surface area contributed by atoms with Crippen molar-refractivity contribution in [3.8, 4) is 22.3 Å². The van der Waals surface area contributed by atoms with Gasteiger partial charge in [0.1, 0.15) is 0 Å². The number of rotatable bonds is 1. The molecule has 0 unspecified atom stereocenters. The minimum absolute atomic E-state index is 0.0254. The molecular formula is C29H35N. The number of benzene rings is 3. The molecule has 1 aliphatic rings. The van der Waals surface area contributed by atoms with Gasteiger partial charge in [-0.3, -0.25) is 0 Å². The Morgan fingerprint density at radius 2 is 1.20 bits per heavy atom. The monoisotopic (exact) mass is 397 g/mol. The van der Waals surface area contributed by atoms with Crippen molar-refractivity contribution in [3.63, 3.8) is 0 Å². The highest BCUT2D eigenvalue weighted by atomic mass is 14.6. The molecule has 2 N–H and O–H groups in total. The second kappa shape index (κ2) is 6.48. The smallest absolute Gasteiger partial charge is 0.0397 e. The van der Waals surface area contributed by atoms with Gasteiger partial charge in [-0.1, -0.05) is 97.9 Å². The lowest BCUT2D eigenvalue weighted by Crippen LogP contribution is -2.17. The Hall–Kier alpha value is -2.54. The molecule has 0 fully saturated rings. The molecule has 0 atom stereocenters. The topological polar surface area (TPSA) is 26.0 Å². The largest absolute Gasteiger partial charge is 0.398 e. The van der Waals surface area contributed by atoms with E-state index < -0.39 is 0 Å². The molecule has 1 aliphatic carbocycles. The van der Waals surface area contributed by atoms with Crippen LogP contribution >= 0.6 is 0 Å². The van der Waals surface area contributed by atoms with Crippen molar-refractivity contribution in [3.05, 3.63) is 76.9 Å². The van der Waals surface area contributed by atoms with Gasteiger partial charge < -0.3 is 5.73 Å². The molecule has 1 nitrogen and oxygen atoms in total. The van der Waals surface area contributed by atoms with Crippen molar-refractivity contribution >= 4 is 5.69 Å². The molecule has 4 rings (SSSR count). The van der Waals surface area contributed by atoms with Crippen molar-refractivity contribution in [1.29, 1.82) is 0 Å². The second-order valence-electron chi connectivity index (χ2n) is 11.5. The average molecular weight is 398 g/mol. The van der Waals surface area contributed by atoms with Gasteiger partial charge in [0.25, 0.3) is 0 Å². The van der Waals surface area contributed by atoms with Gasteiger partial charge in [0.05, 0.1) is 0 Å². The third kappa shape index (κ3) is 3.25. The molecule has 0 saturated heterocycles. The van der Waals surface area contributed by atoms with Crippen molar-refractivity contribution < 1.29 is 0 Å². The fraction of sp³-hybridized carbons (Fsp3) is 0.379. The molecule has 0 saturated carbocycles. The van der Waals surface area contributed by atoms with Gasteiger partial charge in [-0.15, -0.1) is 0 Å². The Balaban J connectivity index is 1.98. The van der Waals surface area contributed by atoms with E-state index in [0.29, 0.717) is 0 Å². The summed E-state index contributed by atoms with van der Waals surface area (Å²) in [7, 11) is 0. The average Bonchev–Trinajstić information content (AvgIpc) is 2.87. The van der Waals surface area contributed by atoms with Crippen LogP contribution in [0.4, 0.5) is 5.69 Å². The minimum atomic E-state index is -0.0254. The number of anilines is 1. The molecule has 3 aromatic rings. The van der Waals surface area contributed by atoms with E-state index in [2.05, 4.69) is 110 Å². The van der Waals surface area contributed by atoms with E-state index in [0.717, 1.165) is 11.3 Å². The zero-order valence-corrected chi connectivity index (χ0v) is 19.8. The van der Waals surface area contributed by atoms with E-state index >= 15 is 0 Å². The molecule has 0 aromatic heterocycles. The van der Waals surface area contributed by atoms with Crippen LogP contribution in [0.1, 0.15) is 77.6 Å². The van der Waals surface area contributed by atoms with E-state index in [9.17, 15) is 0 Å². The molecule has 30 heavy (non-hydrogen) atoms. The van der Waals surface area contributed by atoms with Crippen LogP contribution in [0.2, 0.25) is 0 Å². The summed E-state index contributed by atoms with van der Waals surface area (Å²) in [5.41, 5.74) is 18.1. The Labute approximate surface area is 182 Å². The van der Waals surface area contributed by atoms with E-state index in [1.165, 1.54) is 38.9 Å². The third-order valence-electron chi connectivity index (χ3n) is 6.73. The Bertz CT molecular complexity index is 1100. The summed E-state index contributed by atoms with van der Waals surface area (Å²) < 4.78 is 0. The van der Waals surface area contributed by atoms with Crippen LogP contribution in [0, 0.1) is 0 Å². The Morgan fingerprint density at radius 3 is 1.77 bits per heavy atom. The summed E-state index contributed by atoms with van der Waals surface area (Å²) in [6.45, 7) is 18.3. The normalized spacial score (nSPS) is 15.1. The summed E-state index contributed by atoms with van der Waals surface area (Å²) in [6, 6.07) is 20.3. The van der Waals surface area contributed by atoms with Gasteiger partial charge in [0.15, 0.2) is 0 Å². The first-order valence-electron chi connectivity index (χ1n) is 11.0. The van der Waals surface area contributed by atoms with Crippen LogP contribution in [0.15, 0.2) is 54.6 Å². The molecular weight excluding hydrogens is 362 g/mol. The van der Waals surface area contributed by atoms with Crippen LogP contribution in [0.5, 0.6) is 0 Å². The molecule has 0 amide bonds. The molecule has 0 bridgehead atoms. The van der Waals surface area contributed by atoms with Gasteiger partial charge in [0.2, 0.25) is 0 Å². The number of nitrogen functional groups attached to an aromatic ring is 1. The first-order chi connectivity index (χ1) is 13.8. The fourth-order valence-corrected chi connectivity index (χ4v) is 4.66. The summed E-state index contributed by atoms with van der Waals surface area (Å²) in [4.78, 5) is 0. The predicted molar refractivity (Wildman–Crippen MR) is 131 cm³/mol. The number of hydrogen-bond acceptors (Lipinski definition) is 1. The molecule has 0 heterocycles. The highest BCUT2D eigenvalue weighted by Crippen LogP contribution is 2.51. The Kier molecular flexibility index (Phi) is 4.47. The third-order valence-corrected chi connectivity index (χ3v) is 6.73. The van der Waals surface area contributed by atoms with E-state index in [-0.39, 0.29) is 16.2 Å². The molecule has 0 spiro atoms. The molecule has 0 aliphatic heterocycles. The van der Waals surface area contributed by atoms with Gasteiger partial charge in [-0.05, 0) is 61.9 Å². The van der Waals surface area contributed by atoms with Gasteiger partial charge in [-0.2, -0.15) is 0 Å². The summed E-state index contributed by atoms with van der Waals surface area (Å²) in [5, 5.41) is 0. The maximum absolute atomic E-state index is 6.70. The maximum Gasteiger partial charge on any atom is 0.0397 e. The number of fused-ring (bicyclic) bond motifs is 3. The van der Waals surface area contributed by atoms with Crippen molar-refractivity contribution in [1.82, 2.24) is 0 Å². The first-order valence-corrected chi connectivity index (χ1v) is 11.0. The van der Waals surface area contributed by atoms with Gasteiger partial charge in [-0.25, -0.2) is 0 Å². The fourth-order valence-electron chi connectivity index (χ4n) is 4.66. The first kappa shape index (κ1) is 20.7. The highest BCUT2D eigenvalue weighted by Gasteiger charge is 2.36. The lowest BCUT2D eigenvalue weighted by molar-refractivity contribution is 0.569. The molecule has 3 aromatic carbocycles. The lowest BCUT2D eigenvalue weighted by Gasteiger charge is -2.27. The summed E-state index contributed by atoms with van der Waals surface area (Å²) >= 11 is 0. The molecule has 156 valence electrons. The lowest BCUT2D eigenvalue weighted by atomic mass is 9.78. The molecule has 0 radical (unpaired) electrons. The number of nitrogens with two attached hydrogens (primary N) is 1. The van der Waals surface area contributed by atoms with Crippen LogP contribution in [-0.4, -0.2) is 0 Å². The standard InChI is InChI=1S/C29H35N/c1-27(2,3)19-13-18(14-20(15-19)28(4,5)6)22-16-23-21-11-9-10-12-24(21)29(7,8)25(23)17-26(22)30/h9-17H,30H2,1-8H3. The van der Waals surface area contributed by atoms with Crippen molar-refractivity contribution in [2.24, 2.45) is 0 Å². The zero-order valence-electron chi connectivity index (χ0n) is 19.8. The van der Waals surface area contributed by atoms with Crippen LogP contribution in [0.25, 0.3) is 22.3 Å². The summed E-state index contributed by atoms with van der Waals surface area (Å²) in [5.74, 6) is 0. The van der Waals surface area contributed by atoms with E-state index in [1.54, 1.807) is 0 Å². The quantitative estimate of drug-likeness (QED) is 0.416. The van der Waals surface area contributed by atoms with Crippen LogP contribution in [-0.2, 0) is 16.2 Å². The second-order valence-corrected chi connectivity index (χ2v) is 11.5. The Morgan fingerprint density at radius 1 is 0.633 bits per heavy atom. The highest BCUT2D eigenvalue weighted by molar-refractivity contribution is 5.89. The van der Waals surface area contributed by atoms with Gasteiger partial charge >= 0.3 is 0 Å². The van der Waals surface area contributed by atoms with Gasteiger partial charge in [0, 0.05) is 16.7 Å². The molecule has 1 heteroatoms. The van der Waals surface area contributed by atoms with Crippen molar-refractivity contribution in [2.75, 3.05) is 5.73 Å². The van der Waals surface area contributed by atoms with E-state index in [1.807, 2.05) is 0 Å². The predicted octanol–water partition coefficient (Wildman–Crippen LogP) is 7.84. The van der Waals surface area contributed by atoms with Crippen molar-refractivity contribution in [2.45, 2.75) is 71.6 Å².